The van der Waals surface area contributed by atoms with E-state index >= 15 is 0 Å². The molecule has 2 heterocycles. The molecule has 3 rings (SSSR count). The molecular formula is C18H19ClN2O3. The summed E-state index contributed by atoms with van der Waals surface area (Å²) in [7, 11) is 0. The highest BCUT2D eigenvalue weighted by Crippen LogP contribution is 2.29. The molecule has 0 bridgehead atoms. The number of rotatable bonds is 5. The molecule has 1 amide bonds. The third-order valence-corrected chi connectivity index (χ3v) is 4.26. The summed E-state index contributed by atoms with van der Waals surface area (Å²) >= 11 is 6.24. The number of amides is 1. The molecule has 0 saturated carbocycles. The van der Waals surface area contributed by atoms with Gasteiger partial charge in [-0.05, 0) is 36.6 Å². The molecule has 1 aliphatic rings. The van der Waals surface area contributed by atoms with Crippen molar-refractivity contribution in [1.29, 1.82) is 0 Å². The van der Waals surface area contributed by atoms with Crippen LogP contribution < -0.4 is 10.1 Å². The van der Waals surface area contributed by atoms with E-state index in [9.17, 15) is 4.79 Å². The van der Waals surface area contributed by atoms with Gasteiger partial charge in [0.15, 0.2) is 0 Å². The topological polar surface area (TPSA) is 60.5 Å². The van der Waals surface area contributed by atoms with Crippen LogP contribution in [0, 0.1) is 5.92 Å². The number of nitrogens with one attached hydrogen (secondary N) is 1. The Bertz CT molecular complexity index is 709. The first-order valence-electron chi connectivity index (χ1n) is 7.87. The number of nitrogens with zero attached hydrogens (tertiary/aromatic N) is 1. The zero-order valence-corrected chi connectivity index (χ0v) is 14.1. The van der Waals surface area contributed by atoms with Crippen LogP contribution in [0.5, 0.6) is 5.75 Å². The number of anilines is 1. The van der Waals surface area contributed by atoms with Crippen LogP contribution in [0.15, 0.2) is 42.7 Å². The van der Waals surface area contributed by atoms with Crippen molar-refractivity contribution in [2.24, 2.45) is 5.92 Å². The fourth-order valence-corrected chi connectivity index (χ4v) is 2.82. The number of ether oxygens (including phenoxy) is 2. The van der Waals surface area contributed by atoms with Gasteiger partial charge in [0.05, 0.1) is 5.02 Å². The van der Waals surface area contributed by atoms with Crippen molar-refractivity contribution in [3.63, 3.8) is 0 Å². The van der Waals surface area contributed by atoms with E-state index in [4.69, 9.17) is 21.1 Å². The van der Waals surface area contributed by atoms with Crippen LogP contribution >= 0.6 is 11.6 Å². The molecule has 5 nitrogen and oxygen atoms in total. The van der Waals surface area contributed by atoms with E-state index in [0.29, 0.717) is 29.7 Å². The maximum atomic E-state index is 12.2. The minimum absolute atomic E-state index is 0.139. The first-order chi connectivity index (χ1) is 11.6. The number of aromatic nitrogens is 1. The van der Waals surface area contributed by atoms with E-state index in [0.717, 1.165) is 12.0 Å². The number of carbonyl (C=O) groups excluding carboxylic acids is 1. The molecule has 6 heteroatoms. The van der Waals surface area contributed by atoms with E-state index in [2.05, 4.69) is 10.3 Å². The number of hydrogen-bond acceptors (Lipinski definition) is 4. The highest BCUT2D eigenvalue weighted by molar-refractivity contribution is 6.32. The molecule has 1 aromatic carbocycles. The van der Waals surface area contributed by atoms with E-state index in [1.54, 1.807) is 30.6 Å². The number of halogens is 1. The van der Waals surface area contributed by atoms with Gasteiger partial charge in [0.2, 0.25) is 0 Å². The van der Waals surface area contributed by atoms with E-state index in [-0.39, 0.29) is 11.8 Å². The Morgan fingerprint density at radius 2 is 2.33 bits per heavy atom. The maximum absolute atomic E-state index is 12.2. The first-order valence-corrected chi connectivity index (χ1v) is 8.25. The second-order valence-corrected chi connectivity index (χ2v) is 6.25. The fraction of sp³-hybridized carbons (Fsp3) is 0.333. The molecule has 0 unspecified atom stereocenters. The minimum atomic E-state index is -0.398. The van der Waals surface area contributed by atoms with Gasteiger partial charge in [-0.3, -0.25) is 9.78 Å². The maximum Gasteiger partial charge on any atom is 0.253 e. The van der Waals surface area contributed by atoms with Gasteiger partial charge < -0.3 is 14.8 Å². The highest BCUT2D eigenvalue weighted by atomic mass is 35.5. The molecule has 0 spiro atoms. The second-order valence-electron chi connectivity index (χ2n) is 5.84. The highest BCUT2D eigenvalue weighted by Gasteiger charge is 2.30. The van der Waals surface area contributed by atoms with Gasteiger partial charge >= 0.3 is 0 Å². The van der Waals surface area contributed by atoms with Gasteiger partial charge in [0.1, 0.15) is 18.5 Å². The lowest BCUT2D eigenvalue weighted by Gasteiger charge is -2.15. The average Bonchev–Trinajstić information content (AvgIpc) is 3.01. The SMILES string of the molecule is C[C@H]1CCO[C@H]1C(=O)Nc1ccc(OCc2cccnc2)c(Cl)c1. The van der Waals surface area contributed by atoms with Gasteiger partial charge in [0, 0.05) is 30.3 Å². The molecule has 0 radical (unpaired) electrons. The fourth-order valence-electron chi connectivity index (χ4n) is 2.58. The lowest BCUT2D eigenvalue weighted by Crippen LogP contribution is -2.31. The largest absolute Gasteiger partial charge is 0.487 e. The molecule has 1 aromatic heterocycles. The molecule has 1 fully saturated rings. The number of hydrogen-bond donors (Lipinski definition) is 1. The molecule has 1 saturated heterocycles. The third kappa shape index (κ3) is 4.04. The predicted octanol–water partition coefficient (Wildman–Crippen LogP) is 3.68. The monoisotopic (exact) mass is 346 g/mol. The minimum Gasteiger partial charge on any atom is -0.487 e. The van der Waals surface area contributed by atoms with Crippen molar-refractivity contribution in [1.82, 2.24) is 4.98 Å². The van der Waals surface area contributed by atoms with Crippen LogP contribution in [0.2, 0.25) is 5.02 Å². The van der Waals surface area contributed by atoms with Gasteiger partial charge in [-0.15, -0.1) is 0 Å². The summed E-state index contributed by atoms with van der Waals surface area (Å²) < 4.78 is 11.2. The zero-order valence-electron chi connectivity index (χ0n) is 13.4. The molecule has 1 N–H and O–H groups in total. The Hall–Kier alpha value is -2.11. The van der Waals surface area contributed by atoms with Crippen LogP contribution in [-0.4, -0.2) is 23.6 Å². The third-order valence-electron chi connectivity index (χ3n) is 3.96. The van der Waals surface area contributed by atoms with Gasteiger partial charge in [-0.25, -0.2) is 0 Å². The molecule has 24 heavy (non-hydrogen) atoms. The first kappa shape index (κ1) is 16.7. The number of benzene rings is 1. The second kappa shape index (κ2) is 7.64. The van der Waals surface area contributed by atoms with Gasteiger partial charge in [0.25, 0.3) is 5.91 Å². The van der Waals surface area contributed by atoms with Crippen LogP contribution in [0.25, 0.3) is 0 Å². The average molecular weight is 347 g/mol. The molecule has 2 aromatic rings. The summed E-state index contributed by atoms with van der Waals surface area (Å²) in [5, 5.41) is 3.28. The Morgan fingerprint density at radius 1 is 1.46 bits per heavy atom. The Kier molecular flexibility index (Phi) is 5.33. The van der Waals surface area contributed by atoms with Crippen LogP contribution in [0.4, 0.5) is 5.69 Å². The Balaban J connectivity index is 1.61. The van der Waals surface area contributed by atoms with E-state index in [1.807, 2.05) is 19.1 Å². The lowest BCUT2D eigenvalue weighted by molar-refractivity contribution is -0.126. The smallest absolute Gasteiger partial charge is 0.253 e. The van der Waals surface area contributed by atoms with Crippen molar-refractivity contribution in [3.8, 4) is 5.75 Å². The van der Waals surface area contributed by atoms with Gasteiger partial charge in [-0.2, -0.15) is 0 Å². The van der Waals surface area contributed by atoms with Crippen molar-refractivity contribution >= 4 is 23.2 Å². The molecule has 0 aliphatic carbocycles. The standard InChI is InChI=1S/C18H19ClN2O3/c1-12-6-8-23-17(12)18(22)21-14-4-5-16(15(19)9-14)24-11-13-3-2-7-20-10-13/h2-5,7,9-10,12,17H,6,8,11H2,1H3,(H,21,22)/t12-,17+/m0/s1. The normalized spacial score (nSPS) is 19.9. The van der Waals surface area contributed by atoms with Crippen molar-refractivity contribution in [2.45, 2.75) is 26.1 Å². The summed E-state index contributed by atoms with van der Waals surface area (Å²) in [5.74, 6) is 0.645. The lowest BCUT2D eigenvalue weighted by atomic mass is 10.0. The predicted molar refractivity (Wildman–Crippen MR) is 92.2 cm³/mol. The summed E-state index contributed by atoms with van der Waals surface area (Å²) in [6.45, 7) is 3.02. The Labute approximate surface area is 145 Å². The zero-order chi connectivity index (χ0) is 16.9. The quantitative estimate of drug-likeness (QED) is 0.897. The summed E-state index contributed by atoms with van der Waals surface area (Å²) in [4.78, 5) is 16.3. The van der Waals surface area contributed by atoms with Crippen molar-refractivity contribution in [3.05, 3.63) is 53.3 Å². The Morgan fingerprint density at radius 3 is 3.00 bits per heavy atom. The van der Waals surface area contributed by atoms with E-state index in [1.165, 1.54) is 0 Å². The van der Waals surface area contributed by atoms with Crippen molar-refractivity contribution in [2.75, 3.05) is 11.9 Å². The molecule has 2 atom stereocenters. The summed E-state index contributed by atoms with van der Waals surface area (Å²) in [6.07, 6.45) is 3.96. The van der Waals surface area contributed by atoms with Crippen LogP contribution in [0.3, 0.4) is 0 Å². The van der Waals surface area contributed by atoms with E-state index < -0.39 is 6.10 Å². The van der Waals surface area contributed by atoms with Crippen LogP contribution in [0.1, 0.15) is 18.9 Å². The van der Waals surface area contributed by atoms with Crippen LogP contribution in [-0.2, 0) is 16.1 Å². The van der Waals surface area contributed by atoms with Gasteiger partial charge in [-0.1, -0.05) is 24.6 Å². The number of carbonyl (C=O) groups is 1. The number of pyridine rings is 1. The summed E-state index contributed by atoms with van der Waals surface area (Å²) in [6, 6.07) is 8.97. The molecule has 1 aliphatic heterocycles. The summed E-state index contributed by atoms with van der Waals surface area (Å²) in [5.41, 5.74) is 1.58. The molecular weight excluding hydrogens is 328 g/mol. The molecule has 126 valence electrons. The van der Waals surface area contributed by atoms with Crippen molar-refractivity contribution < 1.29 is 14.3 Å².